The van der Waals surface area contributed by atoms with Crippen molar-refractivity contribution in [3.63, 3.8) is 0 Å². The van der Waals surface area contributed by atoms with E-state index < -0.39 is 17.8 Å². The lowest BCUT2D eigenvalue weighted by atomic mass is 9.97. The Morgan fingerprint density at radius 3 is 2.79 bits per heavy atom. The number of carbonyl (C=O) groups is 1. The fourth-order valence-electron chi connectivity index (χ4n) is 3.08. The van der Waals surface area contributed by atoms with Gasteiger partial charge >= 0.3 is 0 Å². The second kappa shape index (κ2) is 6.97. The van der Waals surface area contributed by atoms with Crippen molar-refractivity contribution < 1.29 is 19.0 Å². The number of pyridine rings is 1. The number of amides is 1. The zero-order valence-electron chi connectivity index (χ0n) is 13.4. The summed E-state index contributed by atoms with van der Waals surface area (Å²) in [6.45, 7) is 0.561. The number of benzene rings is 1. The van der Waals surface area contributed by atoms with Gasteiger partial charge in [-0.3, -0.25) is 9.78 Å². The maximum Gasteiger partial charge on any atom is 0.260 e. The molecule has 1 aromatic heterocycles. The van der Waals surface area contributed by atoms with Crippen LogP contribution in [-0.4, -0.2) is 47.2 Å². The molecule has 0 bridgehead atoms. The van der Waals surface area contributed by atoms with E-state index in [4.69, 9.17) is 4.74 Å². The molecular formula is C18H19FN2O3. The van der Waals surface area contributed by atoms with Crippen molar-refractivity contribution in [2.45, 2.75) is 12.5 Å². The van der Waals surface area contributed by atoms with E-state index in [1.54, 1.807) is 18.5 Å². The molecule has 2 atom stereocenters. The number of β-amino-alcohol motifs (C(OH)–C–C–N with tert-alkyl or cyclic N) is 1. The molecule has 1 aliphatic heterocycles. The minimum absolute atomic E-state index is 0.0863. The van der Waals surface area contributed by atoms with Crippen molar-refractivity contribution >= 4 is 5.91 Å². The van der Waals surface area contributed by atoms with Gasteiger partial charge < -0.3 is 14.7 Å². The van der Waals surface area contributed by atoms with Gasteiger partial charge in [-0.1, -0.05) is 6.07 Å². The lowest BCUT2D eigenvalue weighted by Gasteiger charge is -2.18. The first-order chi connectivity index (χ1) is 11.6. The Morgan fingerprint density at radius 2 is 2.08 bits per heavy atom. The molecule has 2 heterocycles. The fraction of sp³-hybridized carbons (Fsp3) is 0.333. The van der Waals surface area contributed by atoms with Crippen LogP contribution in [0.3, 0.4) is 0 Å². The third kappa shape index (κ3) is 3.23. The molecule has 126 valence electrons. The second-order valence-corrected chi connectivity index (χ2v) is 5.91. The predicted molar refractivity (Wildman–Crippen MR) is 86.3 cm³/mol. The monoisotopic (exact) mass is 330 g/mol. The maximum atomic E-state index is 14.1. The van der Waals surface area contributed by atoms with E-state index >= 15 is 0 Å². The lowest BCUT2D eigenvalue weighted by molar-refractivity contribution is 0.0756. The van der Waals surface area contributed by atoms with Gasteiger partial charge in [-0.15, -0.1) is 0 Å². The van der Waals surface area contributed by atoms with Crippen LogP contribution < -0.4 is 4.74 Å². The topological polar surface area (TPSA) is 62.7 Å². The summed E-state index contributed by atoms with van der Waals surface area (Å²) in [5, 5.41) is 10.3. The quantitative estimate of drug-likeness (QED) is 0.930. The number of hydrogen-bond acceptors (Lipinski definition) is 4. The van der Waals surface area contributed by atoms with Gasteiger partial charge in [-0.05, 0) is 36.2 Å². The van der Waals surface area contributed by atoms with E-state index in [0.29, 0.717) is 13.0 Å². The number of aromatic nitrogens is 1. The molecule has 1 amide bonds. The van der Waals surface area contributed by atoms with Crippen molar-refractivity contribution in [3.8, 4) is 5.75 Å². The molecule has 24 heavy (non-hydrogen) atoms. The van der Waals surface area contributed by atoms with Gasteiger partial charge in [0.15, 0.2) is 0 Å². The van der Waals surface area contributed by atoms with Gasteiger partial charge in [-0.2, -0.15) is 0 Å². The van der Waals surface area contributed by atoms with Crippen LogP contribution in [0.1, 0.15) is 15.9 Å². The van der Waals surface area contributed by atoms with E-state index in [1.807, 2.05) is 12.1 Å². The molecule has 1 N–H and O–H groups in total. The molecule has 0 radical (unpaired) electrons. The maximum absolute atomic E-state index is 14.1. The normalized spacial score (nSPS) is 20.2. The van der Waals surface area contributed by atoms with Crippen molar-refractivity contribution in [1.82, 2.24) is 9.88 Å². The van der Waals surface area contributed by atoms with Crippen molar-refractivity contribution in [1.29, 1.82) is 0 Å². The number of hydrogen-bond donors (Lipinski definition) is 1. The summed E-state index contributed by atoms with van der Waals surface area (Å²) >= 11 is 0. The van der Waals surface area contributed by atoms with E-state index in [0.717, 1.165) is 5.56 Å². The number of likely N-dealkylation sites (tertiary alicyclic amines) is 1. The molecule has 0 unspecified atom stereocenters. The van der Waals surface area contributed by atoms with Gasteiger partial charge in [0.05, 0.1) is 13.2 Å². The van der Waals surface area contributed by atoms with Crippen molar-refractivity contribution in [2.75, 3.05) is 20.2 Å². The highest BCUT2D eigenvalue weighted by atomic mass is 19.1. The van der Waals surface area contributed by atoms with Crippen LogP contribution in [0.25, 0.3) is 0 Å². The number of aliphatic hydroxyl groups is 1. The fourth-order valence-corrected chi connectivity index (χ4v) is 3.08. The Labute approximate surface area is 139 Å². The SMILES string of the molecule is COc1cccc(F)c1C(=O)N1C[C@@H](Cc2ccncc2)[C@@H](O)C1. The van der Waals surface area contributed by atoms with Crippen LogP contribution >= 0.6 is 0 Å². The first kappa shape index (κ1) is 16.4. The van der Waals surface area contributed by atoms with E-state index in [9.17, 15) is 14.3 Å². The van der Waals surface area contributed by atoms with Crippen LogP contribution in [0.4, 0.5) is 4.39 Å². The Bertz CT molecular complexity index is 723. The number of aliphatic hydroxyl groups excluding tert-OH is 1. The Morgan fingerprint density at radius 1 is 1.33 bits per heavy atom. The van der Waals surface area contributed by atoms with Crippen LogP contribution in [0.2, 0.25) is 0 Å². The zero-order valence-corrected chi connectivity index (χ0v) is 13.4. The van der Waals surface area contributed by atoms with Crippen LogP contribution in [0.15, 0.2) is 42.7 Å². The number of rotatable bonds is 4. The van der Waals surface area contributed by atoms with Gasteiger partial charge in [0.1, 0.15) is 17.1 Å². The summed E-state index contributed by atoms with van der Waals surface area (Å²) in [4.78, 5) is 18.1. The summed E-state index contributed by atoms with van der Waals surface area (Å²) in [5.41, 5.74) is 0.962. The molecule has 6 heteroatoms. The van der Waals surface area contributed by atoms with Gasteiger partial charge in [0.25, 0.3) is 5.91 Å². The molecule has 1 fully saturated rings. The minimum Gasteiger partial charge on any atom is -0.496 e. The van der Waals surface area contributed by atoms with E-state index in [1.165, 1.54) is 24.1 Å². The Balaban J connectivity index is 1.76. The largest absolute Gasteiger partial charge is 0.496 e. The van der Waals surface area contributed by atoms with Gasteiger partial charge in [-0.25, -0.2) is 4.39 Å². The van der Waals surface area contributed by atoms with Crippen LogP contribution in [0, 0.1) is 11.7 Å². The molecule has 3 rings (SSSR count). The molecule has 1 aromatic carbocycles. The Kier molecular flexibility index (Phi) is 4.76. The molecule has 0 aliphatic carbocycles. The second-order valence-electron chi connectivity index (χ2n) is 5.91. The third-order valence-electron chi connectivity index (χ3n) is 4.35. The summed E-state index contributed by atoms with van der Waals surface area (Å²) in [6, 6.07) is 8.05. The zero-order chi connectivity index (χ0) is 17.1. The highest BCUT2D eigenvalue weighted by Crippen LogP contribution is 2.27. The number of ether oxygens (including phenoxy) is 1. The number of carbonyl (C=O) groups excluding carboxylic acids is 1. The van der Waals surface area contributed by atoms with Crippen LogP contribution in [0.5, 0.6) is 5.75 Å². The Hall–Kier alpha value is -2.47. The minimum atomic E-state index is -0.639. The molecule has 0 spiro atoms. The number of methoxy groups -OCH3 is 1. The van der Waals surface area contributed by atoms with E-state index in [-0.39, 0.29) is 23.8 Å². The summed E-state index contributed by atoms with van der Waals surface area (Å²) in [5.74, 6) is -0.964. The third-order valence-corrected chi connectivity index (χ3v) is 4.35. The van der Waals surface area contributed by atoms with Gasteiger partial charge in [0, 0.05) is 31.4 Å². The van der Waals surface area contributed by atoms with Gasteiger partial charge in [0.2, 0.25) is 0 Å². The smallest absolute Gasteiger partial charge is 0.260 e. The van der Waals surface area contributed by atoms with Crippen molar-refractivity contribution in [3.05, 3.63) is 59.7 Å². The average Bonchev–Trinajstić information content (AvgIpc) is 2.95. The average molecular weight is 330 g/mol. The molecule has 0 saturated carbocycles. The number of halogens is 1. The van der Waals surface area contributed by atoms with E-state index in [2.05, 4.69) is 4.98 Å². The standard InChI is InChI=1S/C18H19FN2O3/c1-24-16-4-2-3-14(19)17(16)18(23)21-10-13(15(22)11-21)9-12-5-7-20-8-6-12/h2-8,13,15,22H,9-11H2,1H3/t13-,15+/m1/s1. The summed E-state index contributed by atoms with van der Waals surface area (Å²) < 4.78 is 19.2. The molecule has 1 aliphatic rings. The highest BCUT2D eigenvalue weighted by molar-refractivity contribution is 5.97. The molecular weight excluding hydrogens is 311 g/mol. The molecule has 2 aromatic rings. The first-order valence-corrected chi connectivity index (χ1v) is 7.79. The highest BCUT2D eigenvalue weighted by Gasteiger charge is 2.36. The number of nitrogens with zero attached hydrogens (tertiary/aromatic N) is 2. The molecule has 1 saturated heterocycles. The predicted octanol–water partition coefficient (Wildman–Crippen LogP) is 1.90. The summed E-state index contributed by atoms with van der Waals surface area (Å²) in [7, 11) is 1.40. The first-order valence-electron chi connectivity index (χ1n) is 7.79. The molecule has 5 nitrogen and oxygen atoms in total. The summed E-state index contributed by atoms with van der Waals surface area (Å²) in [6.07, 6.45) is 3.40. The lowest BCUT2D eigenvalue weighted by Crippen LogP contribution is -2.30. The van der Waals surface area contributed by atoms with Crippen molar-refractivity contribution in [2.24, 2.45) is 5.92 Å². The van der Waals surface area contributed by atoms with Crippen LogP contribution in [-0.2, 0) is 6.42 Å².